The minimum atomic E-state index is -0.725. The van der Waals surface area contributed by atoms with Crippen LogP contribution in [0.4, 0.5) is 4.39 Å². The SMILES string of the molecule is Cc1cc(-n2c(C)cc(C(=O)COC(=O)/C=C/c3ccccc3F)c2C)no1. The van der Waals surface area contributed by atoms with E-state index >= 15 is 0 Å². The second-order valence-corrected chi connectivity index (χ2v) is 6.30. The fraction of sp³-hybridized carbons (Fsp3) is 0.190. The van der Waals surface area contributed by atoms with Gasteiger partial charge >= 0.3 is 5.97 Å². The summed E-state index contributed by atoms with van der Waals surface area (Å²) in [6, 6.07) is 9.52. The van der Waals surface area contributed by atoms with Gasteiger partial charge in [0.1, 0.15) is 11.6 Å². The van der Waals surface area contributed by atoms with Crippen LogP contribution in [-0.4, -0.2) is 28.1 Å². The van der Waals surface area contributed by atoms with Crippen molar-refractivity contribution in [1.29, 1.82) is 0 Å². The van der Waals surface area contributed by atoms with Crippen molar-refractivity contribution in [3.8, 4) is 5.82 Å². The fourth-order valence-corrected chi connectivity index (χ4v) is 2.89. The molecular weight excluding hydrogens is 363 g/mol. The van der Waals surface area contributed by atoms with E-state index < -0.39 is 18.4 Å². The van der Waals surface area contributed by atoms with Crippen molar-refractivity contribution in [2.24, 2.45) is 0 Å². The third-order valence-electron chi connectivity index (χ3n) is 4.23. The molecule has 2 aromatic heterocycles. The highest BCUT2D eigenvalue weighted by molar-refractivity contribution is 6.00. The molecule has 6 nitrogen and oxygen atoms in total. The van der Waals surface area contributed by atoms with Crippen molar-refractivity contribution in [2.45, 2.75) is 20.8 Å². The predicted molar refractivity (Wildman–Crippen MR) is 101 cm³/mol. The summed E-state index contributed by atoms with van der Waals surface area (Å²) >= 11 is 0. The molecule has 2 heterocycles. The molecule has 0 aliphatic carbocycles. The molecule has 1 aromatic carbocycles. The molecule has 0 amide bonds. The van der Waals surface area contributed by atoms with E-state index in [1.54, 1.807) is 42.7 Å². The minimum absolute atomic E-state index is 0.261. The zero-order chi connectivity index (χ0) is 20.3. The number of ether oxygens (including phenoxy) is 1. The average molecular weight is 382 g/mol. The molecule has 28 heavy (non-hydrogen) atoms. The normalized spacial score (nSPS) is 11.1. The summed E-state index contributed by atoms with van der Waals surface area (Å²) in [6.07, 6.45) is 2.40. The molecule has 0 saturated carbocycles. The maximum atomic E-state index is 13.5. The lowest BCUT2D eigenvalue weighted by Gasteiger charge is -2.05. The summed E-state index contributed by atoms with van der Waals surface area (Å²) in [5.74, 6) is -0.273. The number of hydrogen-bond acceptors (Lipinski definition) is 5. The Hall–Kier alpha value is -3.48. The molecule has 7 heteroatoms. The lowest BCUT2D eigenvalue weighted by Crippen LogP contribution is -2.13. The maximum Gasteiger partial charge on any atom is 0.331 e. The summed E-state index contributed by atoms with van der Waals surface area (Å²) in [7, 11) is 0. The van der Waals surface area contributed by atoms with E-state index in [2.05, 4.69) is 5.16 Å². The van der Waals surface area contributed by atoms with Gasteiger partial charge in [-0.3, -0.25) is 9.36 Å². The predicted octanol–water partition coefficient (Wildman–Crippen LogP) is 3.97. The Morgan fingerprint density at radius 1 is 1.21 bits per heavy atom. The largest absolute Gasteiger partial charge is 0.454 e. The lowest BCUT2D eigenvalue weighted by molar-refractivity contribution is -0.136. The van der Waals surface area contributed by atoms with Crippen LogP contribution in [-0.2, 0) is 9.53 Å². The van der Waals surface area contributed by atoms with Crippen LogP contribution >= 0.6 is 0 Å². The number of aromatic nitrogens is 2. The Bertz CT molecular complexity index is 1060. The van der Waals surface area contributed by atoms with Crippen molar-refractivity contribution in [1.82, 2.24) is 9.72 Å². The van der Waals surface area contributed by atoms with E-state index in [0.29, 0.717) is 22.8 Å². The van der Waals surface area contributed by atoms with Gasteiger partial charge in [-0.1, -0.05) is 23.4 Å². The summed E-state index contributed by atoms with van der Waals surface area (Å²) in [6.45, 7) is 4.99. The molecule has 0 spiro atoms. The lowest BCUT2D eigenvalue weighted by atomic mass is 10.1. The van der Waals surface area contributed by atoms with Crippen molar-refractivity contribution in [3.63, 3.8) is 0 Å². The first-order valence-corrected chi connectivity index (χ1v) is 8.62. The fourth-order valence-electron chi connectivity index (χ4n) is 2.89. The highest BCUT2D eigenvalue weighted by Crippen LogP contribution is 2.21. The van der Waals surface area contributed by atoms with E-state index in [-0.39, 0.29) is 11.3 Å². The minimum Gasteiger partial charge on any atom is -0.454 e. The van der Waals surface area contributed by atoms with E-state index in [4.69, 9.17) is 9.26 Å². The number of Topliss-reactive ketones (excluding diaryl/α,β-unsaturated/α-hetero) is 1. The van der Waals surface area contributed by atoms with Crippen LogP contribution in [0, 0.1) is 26.6 Å². The van der Waals surface area contributed by atoms with Gasteiger partial charge in [0, 0.05) is 34.7 Å². The van der Waals surface area contributed by atoms with E-state index in [1.165, 1.54) is 18.2 Å². The summed E-state index contributed by atoms with van der Waals surface area (Å²) in [5.41, 5.74) is 2.18. The molecule has 3 aromatic rings. The number of carbonyl (C=O) groups excluding carboxylic acids is 2. The number of hydrogen-bond donors (Lipinski definition) is 0. The van der Waals surface area contributed by atoms with E-state index in [1.807, 2.05) is 6.92 Å². The van der Waals surface area contributed by atoms with Gasteiger partial charge in [-0.25, -0.2) is 9.18 Å². The molecule has 0 atom stereocenters. The molecule has 0 radical (unpaired) electrons. The van der Waals surface area contributed by atoms with Crippen molar-refractivity contribution in [3.05, 3.63) is 76.6 Å². The van der Waals surface area contributed by atoms with Gasteiger partial charge in [-0.15, -0.1) is 0 Å². The van der Waals surface area contributed by atoms with Crippen molar-refractivity contribution >= 4 is 17.8 Å². The Kier molecular flexibility index (Phi) is 5.54. The molecule has 0 aliphatic heterocycles. The topological polar surface area (TPSA) is 74.3 Å². The second kappa shape index (κ2) is 8.04. The van der Waals surface area contributed by atoms with Gasteiger partial charge in [-0.2, -0.15) is 0 Å². The average Bonchev–Trinajstić information content (AvgIpc) is 3.21. The van der Waals surface area contributed by atoms with Gasteiger partial charge in [-0.05, 0) is 39.0 Å². The number of halogens is 1. The summed E-state index contributed by atoms with van der Waals surface area (Å²) in [4.78, 5) is 24.3. The molecule has 0 bridgehead atoms. The van der Waals surface area contributed by atoms with Crippen LogP contribution in [0.2, 0.25) is 0 Å². The van der Waals surface area contributed by atoms with Crippen LogP contribution in [0.5, 0.6) is 0 Å². The van der Waals surface area contributed by atoms with Gasteiger partial charge in [0.25, 0.3) is 0 Å². The Morgan fingerprint density at radius 3 is 2.64 bits per heavy atom. The number of aryl methyl sites for hydroxylation is 2. The zero-order valence-corrected chi connectivity index (χ0v) is 15.7. The third-order valence-corrected chi connectivity index (χ3v) is 4.23. The number of nitrogens with zero attached hydrogens (tertiary/aromatic N) is 2. The van der Waals surface area contributed by atoms with Crippen molar-refractivity contribution in [2.75, 3.05) is 6.61 Å². The monoisotopic (exact) mass is 382 g/mol. The van der Waals surface area contributed by atoms with E-state index in [0.717, 1.165) is 11.8 Å². The van der Waals surface area contributed by atoms with Crippen LogP contribution in [0.15, 0.2) is 47.0 Å². The number of esters is 1. The maximum absolute atomic E-state index is 13.5. The number of ketones is 1. The van der Waals surface area contributed by atoms with Crippen LogP contribution < -0.4 is 0 Å². The first kappa shape index (κ1) is 19.3. The van der Waals surface area contributed by atoms with Gasteiger partial charge in [0.05, 0.1) is 0 Å². The first-order valence-electron chi connectivity index (χ1n) is 8.62. The van der Waals surface area contributed by atoms with Crippen LogP contribution in [0.25, 0.3) is 11.9 Å². The summed E-state index contributed by atoms with van der Waals surface area (Å²) in [5, 5.41) is 3.97. The van der Waals surface area contributed by atoms with Gasteiger partial charge in [0.2, 0.25) is 5.78 Å². The Balaban J connectivity index is 1.67. The highest BCUT2D eigenvalue weighted by atomic mass is 19.1. The molecule has 0 aliphatic rings. The van der Waals surface area contributed by atoms with Crippen LogP contribution in [0.1, 0.15) is 33.1 Å². The number of carbonyl (C=O) groups is 2. The third kappa shape index (κ3) is 4.09. The zero-order valence-electron chi connectivity index (χ0n) is 15.7. The molecular formula is C21H19FN2O4. The molecule has 3 rings (SSSR count). The first-order chi connectivity index (χ1) is 13.4. The van der Waals surface area contributed by atoms with E-state index in [9.17, 15) is 14.0 Å². The number of benzene rings is 1. The second-order valence-electron chi connectivity index (χ2n) is 6.30. The smallest absolute Gasteiger partial charge is 0.331 e. The van der Waals surface area contributed by atoms with Gasteiger partial charge in [0.15, 0.2) is 12.4 Å². The van der Waals surface area contributed by atoms with Crippen LogP contribution in [0.3, 0.4) is 0 Å². The standard InChI is InChI=1S/C21H19FN2O4/c1-13-10-17(15(3)24(13)20-11-14(2)28-23-20)19(25)12-27-21(26)9-8-16-6-4-5-7-18(16)22/h4-11H,12H2,1-3H3/b9-8+. The van der Waals surface area contributed by atoms with Crippen molar-refractivity contribution < 1.29 is 23.2 Å². The Morgan fingerprint density at radius 2 is 1.96 bits per heavy atom. The molecule has 144 valence electrons. The number of rotatable bonds is 6. The quantitative estimate of drug-likeness (QED) is 0.366. The van der Waals surface area contributed by atoms with Gasteiger partial charge < -0.3 is 9.26 Å². The molecule has 0 N–H and O–H groups in total. The summed E-state index contributed by atoms with van der Waals surface area (Å²) < 4.78 is 25.4. The molecule has 0 unspecified atom stereocenters. The Labute approximate surface area is 161 Å². The highest BCUT2D eigenvalue weighted by Gasteiger charge is 2.19. The molecule has 0 fully saturated rings. The molecule has 0 saturated heterocycles.